The van der Waals surface area contributed by atoms with Gasteiger partial charge in [-0.1, -0.05) is 5.21 Å². The van der Waals surface area contributed by atoms with Crippen molar-refractivity contribution in [2.45, 2.75) is 19.4 Å². The van der Waals surface area contributed by atoms with Crippen LogP contribution in [0.2, 0.25) is 0 Å². The highest BCUT2D eigenvalue weighted by atomic mass is 16.1. The molecule has 7 nitrogen and oxygen atoms in total. The van der Waals surface area contributed by atoms with E-state index in [1.807, 2.05) is 20.0 Å². The van der Waals surface area contributed by atoms with Gasteiger partial charge in [0, 0.05) is 25.8 Å². The summed E-state index contributed by atoms with van der Waals surface area (Å²) in [6.07, 6.45) is 2.04. The van der Waals surface area contributed by atoms with Crippen LogP contribution < -0.4 is 5.32 Å². The highest BCUT2D eigenvalue weighted by Crippen LogP contribution is 2.11. The molecule has 1 N–H and O–H groups in total. The fraction of sp³-hybridized carbons (Fsp3) is 0.500. The Kier molecular flexibility index (Phi) is 2.90. The van der Waals surface area contributed by atoms with Crippen LogP contribution in [0.15, 0.2) is 12.3 Å². The van der Waals surface area contributed by atoms with Crippen molar-refractivity contribution in [1.82, 2.24) is 30.1 Å². The highest BCUT2D eigenvalue weighted by Gasteiger charge is 2.22. The van der Waals surface area contributed by atoms with E-state index in [4.69, 9.17) is 0 Å². The fourth-order valence-electron chi connectivity index (χ4n) is 2.13. The van der Waals surface area contributed by atoms with E-state index in [1.54, 1.807) is 15.6 Å². The van der Waals surface area contributed by atoms with E-state index in [1.165, 1.54) is 0 Å². The second-order valence-electron chi connectivity index (χ2n) is 4.90. The SMILES string of the molecule is Cc1cc(CC(=O)c2cn(C3CNC3)nn2)n(C)n1. The number of hydrogen-bond donors (Lipinski definition) is 1. The Morgan fingerprint density at radius 2 is 2.32 bits per heavy atom. The van der Waals surface area contributed by atoms with Crippen molar-refractivity contribution in [2.24, 2.45) is 7.05 Å². The summed E-state index contributed by atoms with van der Waals surface area (Å²) in [6.45, 7) is 3.68. The molecule has 0 aromatic carbocycles. The van der Waals surface area contributed by atoms with Gasteiger partial charge in [-0.15, -0.1) is 5.10 Å². The lowest BCUT2D eigenvalue weighted by molar-refractivity contribution is 0.0986. The van der Waals surface area contributed by atoms with Crippen LogP contribution >= 0.6 is 0 Å². The van der Waals surface area contributed by atoms with Gasteiger partial charge in [0.2, 0.25) is 0 Å². The Labute approximate surface area is 110 Å². The largest absolute Gasteiger partial charge is 0.312 e. The van der Waals surface area contributed by atoms with Gasteiger partial charge < -0.3 is 5.32 Å². The summed E-state index contributed by atoms with van der Waals surface area (Å²) in [5.41, 5.74) is 2.22. The first-order chi connectivity index (χ1) is 9.13. The topological polar surface area (TPSA) is 77.6 Å². The standard InChI is InChI=1S/C12H16N6O/c1-8-3-9(17(2)15-8)4-12(19)11-7-18(16-14-11)10-5-13-6-10/h3,7,10,13H,4-6H2,1-2H3. The molecule has 3 rings (SSSR count). The minimum absolute atomic E-state index is 0.0264. The molecule has 0 spiro atoms. The summed E-state index contributed by atoms with van der Waals surface area (Å²) in [6, 6.07) is 2.24. The first-order valence-corrected chi connectivity index (χ1v) is 6.29. The normalized spacial score (nSPS) is 15.5. The molecule has 0 atom stereocenters. The van der Waals surface area contributed by atoms with Crippen LogP contribution in [0.4, 0.5) is 0 Å². The Hall–Kier alpha value is -2.02. The molecule has 3 heterocycles. The van der Waals surface area contributed by atoms with Gasteiger partial charge in [0.15, 0.2) is 5.78 Å². The van der Waals surface area contributed by atoms with E-state index in [0.717, 1.165) is 24.5 Å². The zero-order valence-electron chi connectivity index (χ0n) is 11.0. The molecule has 1 fully saturated rings. The number of Topliss-reactive ketones (excluding diaryl/α,β-unsaturated/α-hetero) is 1. The lowest BCUT2D eigenvalue weighted by Gasteiger charge is -2.26. The molecule has 19 heavy (non-hydrogen) atoms. The van der Waals surface area contributed by atoms with Crippen molar-refractivity contribution >= 4 is 5.78 Å². The predicted molar refractivity (Wildman–Crippen MR) is 67.9 cm³/mol. The monoisotopic (exact) mass is 260 g/mol. The van der Waals surface area contributed by atoms with Crippen LogP contribution in [-0.4, -0.2) is 43.6 Å². The molecule has 0 aliphatic carbocycles. The van der Waals surface area contributed by atoms with Crippen molar-refractivity contribution in [3.8, 4) is 0 Å². The average Bonchev–Trinajstić information content (AvgIpc) is 2.85. The van der Waals surface area contributed by atoms with Gasteiger partial charge in [-0.3, -0.25) is 9.48 Å². The molecule has 0 radical (unpaired) electrons. The van der Waals surface area contributed by atoms with Gasteiger partial charge in [-0.25, -0.2) is 4.68 Å². The van der Waals surface area contributed by atoms with E-state index >= 15 is 0 Å². The molecule has 100 valence electrons. The minimum Gasteiger partial charge on any atom is -0.312 e. The van der Waals surface area contributed by atoms with Crippen molar-refractivity contribution < 1.29 is 4.79 Å². The smallest absolute Gasteiger partial charge is 0.190 e. The van der Waals surface area contributed by atoms with E-state index in [-0.39, 0.29) is 5.78 Å². The number of rotatable bonds is 4. The Bertz CT molecular complexity index is 610. The number of carbonyl (C=O) groups excluding carboxylic acids is 1. The number of hydrogen-bond acceptors (Lipinski definition) is 5. The molecule has 2 aromatic heterocycles. The van der Waals surface area contributed by atoms with Crippen LogP contribution in [-0.2, 0) is 13.5 Å². The summed E-state index contributed by atoms with van der Waals surface area (Å²) >= 11 is 0. The van der Waals surface area contributed by atoms with E-state index in [2.05, 4.69) is 20.7 Å². The number of aromatic nitrogens is 5. The number of carbonyl (C=O) groups is 1. The molecular formula is C12H16N6O. The molecule has 0 saturated carbocycles. The molecule has 1 saturated heterocycles. The third-order valence-electron chi connectivity index (χ3n) is 3.37. The first-order valence-electron chi connectivity index (χ1n) is 6.29. The summed E-state index contributed by atoms with van der Waals surface area (Å²) < 4.78 is 3.49. The molecular weight excluding hydrogens is 244 g/mol. The zero-order valence-corrected chi connectivity index (χ0v) is 11.0. The molecule has 0 unspecified atom stereocenters. The summed E-state index contributed by atoms with van der Waals surface area (Å²) in [4.78, 5) is 12.1. The summed E-state index contributed by atoms with van der Waals surface area (Å²) in [7, 11) is 1.84. The molecule has 1 aliphatic rings. The van der Waals surface area contributed by atoms with Crippen LogP contribution in [0.3, 0.4) is 0 Å². The number of nitrogens with zero attached hydrogens (tertiary/aromatic N) is 5. The predicted octanol–water partition coefficient (Wildman–Crippen LogP) is -0.110. The van der Waals surface area contributed by atoms with Gasteiger partial charge in [-0.05, 0) is 13.0 Å². The van der Waals surface area contributed by atoms with E-state index in [9.17, 15) is 4.79 Å². The molecule has 2 aromatic rings. The summed E-state index contributed by atoms with van der Waals surface area (Å²) in [5, 5.41) is 15.4. The Morgan fingerprint density at radius 3 is 2.89 bits per heavy atom. The maximum absolute atomic E-state index is 12.1. The van der Waals surface area contributed by atoms with Crippen LogP contribution in [0.25, 0.3) is 0 Å². The van der Waals surface area contributed by atoms with Gasteiger partial charge >= 0.3 is 0 Å². The quantitative estimate of drug-likeness (QED) is 0.776. The number of ketones is 1. The minimum atomic E-state index is -0.0264. The van der Waals surface area contributed by atoms with E-state index < -0.39 is 0 Å². The Balaban J connectivity index is 1.73. The van der Waals surface area contributed by atoms with Crippen LogP contribution in [0.1, 0.15) is 27.9 Å². The lowest BCUT2D eigenvalue weighted by atomic mass is 10.1. The van der Waals surface area contributed by atoms with Crippen LogP contribution in [0, 0.1) is 6.92 Å². The number of aryl methyl sites for hydroxylation is 2. The third-order valence-corrected chi connectivity index (χ3v) is 3.37. The molecule has 1 aliphatic heterocycles. The maximum Gasteiger partial charge on any atom is 0.190 e. The van der Waals surface area contributed by atoms with Crippen molar-refractivity contribution in [3.05, 3.63) is 29.3 Å². The van der Waals surface area contributed by atoms with Crippen molar-refractivity contribution in [1.29, 1.82) is 0 Å². The average molecular weight is 260 g/mol. The van der Waals surface area contributed by atoms with Crippen LogP contribution in [0.5, 0.6) is 0 Å². The molecule has 7 heteroatoms. The summed E-state index contributed by atoms with van der Waals surface area (Å²) in [5.74, 6) is -0.0264. The molecule has 0 bridgehead atoms. The van der Waals surface area contributed by atoms with Gasteiger partial charge in [0.1, 0.15) is 5.69 Å². The Morgan fingerprint density at radius 1 is 1.53 bits per heavy atom. The zero-order chi connectivity index (χ0) is 13.4. The van der Waals surface area contributed by atoms with Crippen molar-refractivity contribution in [3.63, 3.8) is 0 Å². The first kappa shape index (κ1) is 12.0. The molecule has 0 amide bonds. The van der Waals surface area contributed by atoms with Gasteiger partial charge in [0.05, 0.1) is 24.4 Å². The van der Waals surface area contributed by atoms with E-state index in [0.29, 0.717) is 18.2 Å². The maximum atomic E-state index is 12.1. The van der Waals surface area contributed by atoms with Gasteiger partial charge in [-0.2, -0.15) is 5.10 Å². The second kappa shape index (κ2) is 4.58. The van der Waals surface area contributed by atoms with Crippen molar-refractivity contribution in [2.75, 3.05) is 13.1 Å². The highest BCUT2D eigenvalue weighted by molar-refractivity contribution is 5.95. The second-order valence-corrected chi connectivity index (χ2v) is 4.90. The lowest BCUT2D eigenvalue weighted by Crippen LogP contribution is -2.43. The van der Waals surface area contributed by atoms with Gasteiger partial charge in [0.25, 0.3) is 0 Å². The third kappa shape index (κ3) is 2.28. The fourth-order valence-corrected chi connectivity index (χ4v) is 2.13. The number of nitrogens with one attached hydrogen (secondary N) is 1.